The first-order chi connectivity index (χ1) is 16.2. The highest BCUT2D eigenvalue weighted by molar-refractivity contribution is 6.30. The van der Waals surface area contributed by atoms with Crippen molar-refractivity contribution >= 4 is 40.0 Å². The van der Waals surface area contributed by atoms with Crippen molar-refractivity contribution in [2.45, 2.75) is 6.92 Å². The fourth-order valence-electron chi connectivity index (χ4n) is 3.63. The normalized spacial score (nSPS) is 11.6. The Morgan fingerprint density at radius 3 is 2.56 bits per heavy atom. The van der Waals surface area contributed by atoms with Crippen LogP contribution in [0, 0.1) is 6.92 Å². The van der Waals surface area contributed by atoms with Crippen LogP contribution in [0.5, 0.6) is 0 Å². The molecule has 0 fully saturated rings. The third kappa shape index (κ3) is 4.78. The summed E-state index contributed by atoms with van der Waals surface area (Å²) in [5.74, 6) is 0.226. The highest BCUT2D eigenvalue weighted by Gasteiger charge is 2.19. The van der Waals surface area contributed by atoms with E-state index in [1.807, 2.05) is 62.3 Å². The van der Waals surface area contributed by atoms with Crippen molar-refractivity contribution in [2.75, 3.05) is 38.3 Å². The van der Waals surface area contributed by atoms with Crippen molar-refractivity contribution in [2.24, 2.45) is 0 Å². The largest absolute Gasteiger partial charge is 0.383 e. The second-order valence-electron chi connectivity index (χ2n) is 8.31. The molecule has 8 nitrogen and oxygen atoms in total. The number of aromatic nitrogens is 4. The SMILES string of the molecule is Cc1cc(N(C)C(=O)/C=C/CN(C)C)cc(-n2nc(-c3ccc(Cl)cc3)c3c(N)ncnc32)c1. The molecule has 2 aromatic heterocycles. The topological polar surface area (TPSA) is 93.2 Å². The van der Waals surface area contributed by atoms with Gasteiger partial charge in [0, 0.05) is 35.9 Å². The molecule has 34 heavy (non-hydrogen) atoms. The highest BCUT2D eigenvalue weighted by Crippen LogP contribution is 2.33. The van der Waals surface area contributed by atoms with Gasteiger partial charge in [-0.2, -0.15) is 5.10 Å². The summed E-state index contributed by atoms with van der Waals surface area (Å²) in [6, 6.07) is 13.2. The van der Waals surface area contributed by atoms with Gasteiger partial charge in [-0.1, -0.05) is 29.8 Å². The summed E-state index contributed by atoms with van der Waals surface area (Å²) in [5, 5.41) is 6.13. The third-order valence-electron chi connectivity index (χ3n) is 5.35. The number of benzene rings is 2. The molecule has 0 saturated heterocycles. The van der Waals surface area contributed by atoms with Gasteiger partial charge in [0.1, 0.15) is 17.8 Å². The number of nitrogens with two attached hydrogens (primary N) is 1. The maximum absolute atomic E-state index is 12.7. The predicted octanol–water partition coefficient (Wildman–Crippen LogP) is 4.11. The minimum absolute atomic E-state index is 0.114. The van der Waals surface area contributed by atoms with E-state index in [1.165, 1.54) is 6.33 Å². The average Bonchev–Trinajstić information content (AvgIpc) is 3.19. The number of nitrogens with zero attached hydrogens (tertiary/aromatic N) is 6. The molecule has 4 rings (SSSR count). The fraction of sp³-hybridized carbons (Fsp3) is 0.200. The Morgan fingerprint density at radius 2 is 1.85 bits per heavy atom. The summed E-state index contributed by atoms with van der Waals surface area (Å²) < 4.78 is 1.73. The number of likely N-dealkylation sites (N-methyl/N-ethyl adjacent to an activating group) is 2. The number of aryl methyl sites for hydroxylation is 1. The van der Waals surface area contributed by atoms with Gasteiger partial charge in [0.2, 0.25) is 5.91 Å². The number of carbonyl (C=O) groups excluding carboxylic acids is 1. The first kappa shape index (κ1) is 23.4. The zero-order valence-electron chi connectivity index (χ0n) is 19.5. The maximum atomic E-state index is 12.7. The Morgan fingerprint density at radius 1 is 1.12 bits per heavy atom. The molecular formula is C25H26ClN7O. The van der Waals surface area contributed by atoms with Gasteiger partial charge in [0.15, 0.2) is 5.65 Å². The molecule has 2 aromatic carbocycles. The van der Waals surface area contributed by atoms with Crippen LogP contribution in [0.15, 0.2) is 60.9 Å². The van der Waals surface area contributed by atoms with Crippen molar-refractivity contribution < 1.29 is 4.79 Å². The van der Waals surface area contributed by atoms with E-state index in [-0.39, 0.29) is 5.91 Å². The van der Waals surface area contributed by atoms with Crippen LogP contribution in [0.3, 0.4) is 0 Å². The Balaban J connectivity index is 1.80. The van der Waals surface area contributed by atoms with Crippen LogP contribution in [-0.2, 0) is 4.79 Å². The molecule has 0 aliphatic heterocycles. The first-order valence-corrected chi connectivity index (χ1v) is 11.1. The lowest BCUT2D eigenvalue weighted by Crippen LogP contribution is -2.24. The second-order valence-corrected chi connectivity index (χ2v) is 8.75. The number of carbonyl (C=O) groups is 1. The summed E-state index contributed by atoms with van der Waals surface area (Å²) in [5.41, 5.74) is 10.8. The van der Waals surface area contributed by atoms with Gasteiger partial charge in [0.05, 0.1) is 11.1 Å². The van der Waals surface area contributed by atoms with E-state index in [0.717, 1.165) is 22.5 Å². The summed E-state index contributed by atoms with van der Waals surface area (Å²) >= 11 is 6.07. The first-order valence-electron chi connectivity index (χ1n) is 10.7. The Labute approximate surface area is 203 Å². The number of anilines is 2. The van der Waals surface area contributed by atoms with Crippen LogP contribution < -0.4 is 10.6 Å². The van der Waals surface area contributed by atoms with Gasteiger partial charge in [0.25, 0.3) is 0 Å². The molecule has 0 radical (unpaired) electrons. The lowest BCUT2D eigenvalue weighted by atomic mass is 10.1. The van der Waals surface area contributed by atoms with E-state index in [1.54, 1.807) is 34.8 Å². The number of hydrogen-bond donors (Lipinski definition) is 1. The number of nitrogen functional groups attached to an aromatic ring is 1. The van der Waals surface area contributed by atoms with Crippen molar-refractivity contribution in [3.8, 4) is 16.9 Å². The van der Waals surface area contributed by atoms with E-state index in [0.29, 0.717) is 34.1 Å². The number of amides is 1. The number of hydrogen-bond acceptors (Lipinski definition) is 6. The Bertz CT molecular complexity index is 1380. The van der Waals surface area contributed by atoms with Crippen molar-refractivity contribution in [3.63, 3.8) is 0 Å². The predicted molar refractivity (Wildman–Crippen MR) is 137 cm³/mol. The quantitative estimate of drug-likeness (QED) is 0.422. The highest BCUT2D eigenvalue weighted by atomic mass is 35.5. The maximum Gasteiger partial charge on any atom is 0.250 e. The number of rotatable bonds is 6. The van der Waals surface area contributed by atoms with Crippen LogP contribution in [-0.4, -0.2) is 58.2 Å². The lowest BCUT2D eigenvalue weighted by Gasteiger charge is -2.18. The van der Waals surface area contributed by atoms with Gasteiger partial charge in [-0.05, 0) is 56.9 Å². The molecule has 9 heteroatoms. The summed E-state index contributed by atoms with van der Waals surface area (Å²) in [4.78, 5) is 24.9. The number of halogens is 1. The molecule has 0 aliphatic carbocycles. The minimum atomic E-state index is -0.114. The zero-order chi connectivity index (χ0) is 24.4. The average molecular weight is 476 g/mol. The van der Waals surface area contributed by atoms with Crippen molar-refractivity contribution in [3.05, 3.63) is 71.5 Å². The molecule has 174 valence electrons. The smallest absolute Gasteiger partial charge is 0.250 e. The van der Waals surface area contributed by atoms with Gasteiger partial charge in [-0.25, -0.2) is 14.6 Å². The Hall–Kier alpha value is -3.75. The van der Waals surface area contributed by atoms with Crippen LogP contribution in [0.4, 0.5) is 11.5 Å². The zero-order valence-corrected chi connectivity index (χ0v) is 20.3. The minimum Gasteiger partial charge on any atom is -0.383 e. The lowest BCUT2D eigenvalue weighted by molar-refractivity contribution is -0.113. The van der Waals surface area contributed by atoms with Gasteiger partial charge in [-0.3, -0.25) is 4.79 Å². The molecule has 2 heterocycles. The molecule has 0 atom stereocenters. The molecule has 0 bridgehead atoms. The van der Waals surface area contributed by atoms with E-state index in [4.69, 9.17) is 22.4 Å². The van der Waals surface area contributed by atoms with Crippen LogP contribution in [0.1, 0.15) is 5.56 Å². The summed E-state index contributed by atoms with van der Waals surface area (Å²) in [6.07, 6.45) is 4.84. The van der Waals surface area contributed by atoms with E-state index >= 15 is 0 Å². The Kier molecular flexibility index (Phi) is 6.63. The van der Waals surface area contributed by atoms with Crippen LogP contribution in [0.25, 0.3) is 28.0 Å². The fourth-order valence-corrected chi connectivity index (χ4v) is 3.75. The molecule has 2 N–H and O–H groups in total. The summed E-state index contributed by atoms with van der Waals surface area (Å²) in [6.45, 7) is 2.66. The van der Waals surface area contributed by atoms with Gasteiger partial charge >= 0.3 is 0 Å². The molecular weight excluding hydrogens is 450 g/mol. The monoisotopic (exact) mass is 475 g/mol. The van der Waals surface area contributed by atoms with Gasteiger partial charge < -0.3 is 15.5 Å². The van der Waals surface area contributed by atoms with Crippen molar-refractivity contribution in [1.29, 1.82) is 0 Å². The van der Waals surface area contributed by atoms with E-state index in [2.05, 4.69) is 9.97 Å². The van der Waals surface area contributed by atoms with Crippen molar-refractivity contribution in [1.82, 2.24) is 24.6 Å². The molecule has 0 saturated carbocycles. The standard InChI is InChI=1S/C25H26ClN7O/c1-16-12-19(32(4)21(34)6-5-11-31(2)3)14-20(13-16)33-25-22(24(27)28-15-29-25)23(30-33)17-7-9-18(26)10-8-17/h5-10,12-15H,11H2,1-4H3,(H2,27,28,29)/b6-5+. The third-order valence-corrected chi connectivity index (χ3v) is 5.60. The molecule has 0 unspecified atom stereocenters. The van der Waals surface area contributed by atoms with Crippen LogP contribution >= 0.6 is 11.6 Å². The molecule has 0 aliphatic rings. The second kappa shape index (κ2) is 9.62. The van der Waals surface area contributed by atoms with E-state index < -0.39 is 0 Å². The van der Waals surface area contributed by atoms with E-state index in [9.17, 15) is 4.79 Å². The van der Waals surface area contributed by atoms with Crippen LogP contribution in [0.2, 0.25) is 5.02 Å². The molecule has 1 amide bonds. The molecule has 0 spiro atoms. The number of fused-ring (bicyclic) bond motifs is 1. The van der Waals surface area contributed by atoms with Gasteiger partial charge in [-0.15, -0.1) is 0 Å². The molecule has 4 aromatic rings. The summed E-state index contributed by atoms with van der Waals surface area (Å²) in [7, 11) is 5.66.